The molecular formula is C21H21N3O5. The summed E-state index contributed by atoms with van der Waals surface area (Å²) < 4.78 is 11.7. The molecule has 1 amide bonds. The molecule has 8 nitrogen and oxygen atoms in total. The van der Waals surface area contributed by atoms with E-state index in [2.05, 4.69) is 10.3 Å². The third-order valence-corrected chi connectivity index (χ3v) is 4.20. The predicted octanol–water partition coefficient (Wildman–Crippen LogP) is 2.36. The van der Waals surface area contributed by atoms with Crippen molar-refractivity contribution in [3.8, 4) is 0 Å². The largest absolute Gasteiger partial charge is 0.458 e. The molecule has 0 saturated heterocycles. The molecule has 0 aliphatic rings. The van der Waals surface area contributed by atoms with Crippen molar-refractivity contribution in [1.29, 1.82) is 0 Å². The number of benzene rings is 1. The van der Waals surface area contributed by atoms with Gasteiger partial charge in [-0.25, -0.2) is 14.6 Å². The molecule has 3 rings (SSSR count). The number of hydrogen-bond donors (Lipinski definition) is 1. The molecule has 0 aliphatic carbocycles. The average Bonchev–Trinajstić information content (AvgIpc) is 2.72. The third kappa shape index (κ3) is 5.19. The normalized spacial score (nSPS) is 11.7. The lowest BCUT2D eigenvalue weighted by molar-refractivity contribution is -0.147. The summed E-state index contributed by atoms with van der Waals surface area (Å²) in [7, 11) is 0. The Hall–Kier alpha value is -3.68. The van der Waals surface area contributed by atoms with Crippen LogP contribution in [-0.4, -0.2) is 27.5 Å². The molecule has 1 aromatic carbocycles. The molecule has 0 radical (unpaired) electrons. The van der Waals surface area contributed by atoms with E-state index in [1.807, 2.05) is 43.3 Å². The van der Waals surface area contributed by atoms with Gasteiger partial charge in [0.2, 0.25) is 0 Å². The zero-order chi connectivity index (χ0) is 20.8. The highest BCUT2D eigenvalue weighted by Gasteiger charge is 2.18. The van der Waals surface area contributed by atoms with E-state index in [-0.39, 0.29) is 18.8 Å². The first-order valence-electron chi connectivity index (χ1n) is 9.06. The molecule has 29 heavy (non-hydrogen) atoms. The minimum Gasteiger partial charge on any atom is -0.458 e. The summed E-state index contributed by atoms with van der Waals surface area (Å²) in [5.74, 6) is -0.659. The summed E-state index contributed by atoms with van der Waals surface area (Å²) in [5, 5.41) is 2.41. The van der Waals surface area contributed by atoms with Crippen molar-refractivity contribution < 1.29 is 19.1 Å². The number of amides is 1. The maximum absolute atomic E-state index is 12.2. The fraction of sp³-hybridized carbons (Fsp3) is 0.238. The zero-order valence-corrected chi connectivity index (χ0v) is 16.1. The van der Waals surface area contributed by atoms with Crippen LogP contribution in [0.5, 0.6) is 0 Å². The van der Waals surface area contributed by atoms with E-state index in [1.165, 1.54) is 17.4 Å². The van der Waals surface area contributed by atoms with Crippen molar-refractivity contribution in [3.63, 3.8) is 0 Å². The van der Waals surface area contributed by atoms with Gasteiger partial charge in [0, 0.05) is 12.3 Å². The number of carbonyl (C=O) groups excluding carboxylic acids is 2. The van der Waals surface area contributed by atoms with Crippen LogP contribution in [0.1, 0.15) is 23.7 Å². The highest BCUT2D eigenvalue weighted by Crippen LogP contribution is 2.07. The Morgan fingerprint density at radius 2 is 1.86 bits per heavy atom. The van der Waals surface area contributed by atoms with E-state index in [0.29, 0.717) is 11.3 Å². The number of pyridine rings is 1. The number of rotatable bonds is 6. The van der Waals surface area contributed by atoms with Crippen LogP contribution < -0.4 is 10.9 Å². The molecule has 150 valence electrons. The van der Waals surface area contributed by atoms with Gasteiger partial charge in [-0.05, 0) is 31.0 Å². The number of aromatic nitrogens is 2. The lowest BCUT2D eigenvalue weighted by Crippen LogP contribution is -2.39. The van der Waals surface area contributed by atoms with Gasteiger partial charge in [0.05, 0.1) is 5.69 Å². The number of aryl methyl sites for hydroxylation is 1. The van der Waals surface area contributed by atoms with Crippen LogP contribution in [0.25, 0.3) is 5.65 Å². The second kappa shape index (κ2) is 9.01. The van der Waals surface area contributed by atoms with Gasteiger partial charge >= 0.3 is 12.1 Å². The standard InChI is InChI=1S/C21H21N3O5/c1-14-7-6-10-24-18(25)11-17(23-19(14)24)13-28-20(26)15(2)22-21(27)29-12-16-8-4-3-5-9-16/h3-11,15H,12-13H2,1-2H3,(H,22,27). The number of hydrogen-bond acceptors (Lipinski definition) is 6. The minimum absolute atomic E-state index is 0.0960. The van der Waals surface area contributed by atoms with Gasteiger partial charge in [-0.2, -0.15) is 0 Å². The highest BCUT2D eigenvalue weighted by molar-refractivity contribution is 5.80. The van der Waals surface area contributed by atoms with Crippen molar-refractivity contribution in [2.45, 2.75) is 33.1 Å². The molecule has 3 aromatic rings. The first-order valence-corrected chi connectivity index (χ1v) is 9.06. The van der Waals surface area contributed by atoms with Gasteiger partial charge < -0.3 is 14.8 Å². The minimum atomic E-state index is -0.915. The number of alkyl carbamates (subject to hydrolysis) is 1. The molecule has 2 heterocycles. The smallest absolute Gasteiger partial charge is 0.408 e. The van der Waals surface area contributed by atoms with Crippen molar-refractivity contribution >= 4 is 17.7 Å². The molecule has 0 fully saturated rings. The van der Waals surface area contributed by atoms with E-state index >= 15 is 0 Å². The van der Waals surface area contributed by atoms with E-state index < -0.39 is 18.1 Å². The van der Waals surface area contributed by atoms with E-state index in [4.69, 9.17) is 9.47 Å². The Morgan fingerprint density at radius 3 is 2.62 bits per heavy atom. The zero-order valence-electron chi connectivity index (χ0n) is 16.1. The summed E-state index contributed by atoms with van der Waals surface area (Å²) in [6.07, 6.45) is 0.900. The van der Waals surface area contributed by atoms with Gasteiger partial charge in [0.15, 0.2) is 0 Å². The summed E-state index contributed by atoms with van der Waals surface area (Å²) in [6, 6.07) is 13.2. The fourth-order valence-corrected chi connectivity index (χ4v) is 2.65. The van der Waals surface area contributed by atoms with Crippen molar-refractivity contribution in [2.24, 2.45) is 0 Å². The van der Waals surface area contributed by atoms with Crippen molar-refractivity contribution in [1.82, 2.24) is 14.7 Å². The monoisotopic (exact) mass is 395 g/mol. The van der Waals surface area contributed by atoms with Crippen LogP contribution in [0, 0.1) is 6.92 Å². The SMILES string of the molecule is Cc1cccn2c(=O)cc(COC(=O)C(C)NC(=O)OCc3ccccc3)nc12. The molecule has 8 heteroatoms. The Kier molecular flexibility index (Phi) is 6.23. The van der Waals surface area contributed by atoms with Crippen LogP contribution in [0.4, 0.5) is 4.79 Å². The first-order chi connectivity index (χ1) is 13.9. The Labute approximate surface area is 167 Å². The topological polar surface area (TPSA) is 99.0 Å². The summed E-state index contributed by atoms with van der Waals surface area (Å²) in [6.45, 7) is 3.24. The number of carbonyl (C=O) groups is 2. The lowest BCUT2D eigenvalue weighted by atomic mass is 10.2. The van der Waals surface area contributed by atoms with E-state index in [0.717, 1.165) is 11.1 Å². The summed E-state index contributed by atoms with van der Waals surface area (Å²) in [4.78, 5) is 40.5. The Morgan fingerprint density at radius 1 is 1.10 bits per heavy atom. The first kappa shape index (κ1) is 20.1. The number of fused-ring (bicyclic) bond motifs is 1. The van der Waals surface area contributed by atoms with Gasteiger partial charge in [0.1, 0.15) is 24.9 Å². The van der Waals surface area contributed by atoms with Crippen LogP contribution in [0.15, 0.2) is 59.5 Å². The maximum Gasteiger partial charge on any atom is 0.408 e. The van der Waals surface area contributed by atoms with Crippen LogP contribution in [0.2, 0.25) is 0 Å². The van der Waals surface area contributed by atoms with Gasteiger partial charge in [-0.1, -0.05) is 36.4 Å². The second-order valence-electron chi connectivity index (χ2n) is 6.51. The number of nitrogens with zero attached hydrogens (tertiary/aromatic N) is 2. The van der Waals surface area contributed by atoms with E-state index in [1.54, 1.807) is 12.3 Å². The number of ether oxygens (including phenoxy) is 2. The maximum atomic E-state index is 12.2. The van der Waals surface area contributed by atoms with Crippen molar-refractivity contribution in [2.75, 3.05) is 0 Å². The fourth-order valence-electron chi connectivity index (χ4n) is 2.65. The molecule has 1 N–H and O–H groups in total. The van der Waals surface area contributed by atoms with Crippen LogP contribution in [0.3, 0.4) is 0 Å². The molecule has 0 saturated carbocycles. The summed E-state index contributed by atoms with van der Waals surface area (Å²) >= 11 is 0. The Bertz CT molecular complexity index is 1080. The molecule has 0 spiro atoms. The average molecular weight is 395 g/mol. The van der Waals surface area contributed by atoms with Gasteiger partial charge in [-0.15, -0.1) is 0 Å². The molecule has 0 aliphatic heterocycles. The molecule has 1 atom stereocenters. The molecule has 1 unspecified atom stereocenters. The third-order valence-electron chi connectivity index (χ3n) is 4.20. The van der Waals surface area contributed by atoms with Gasteiger partial charge in [-0.3, -0.25) is 9.20 Å². The van der Waals surface area contributed by atoms with E-state index in [9.17, 15) is 14.4 Å². The highest BCUT2D eigenvalue weighted by atomic mass is 16.6. The Balaban J connectivity index is 1.53. The number of nitrogens with one attached hydrogen (secondary N) is 1. The predicted molar refractivity (Wildman–Crippen MR) is 105 cm³/mol. The summed E-state index contributed by atoms with van der Waals surface area (Å²) in [5.41, 5.74) is 2.23. The molecule has 0 bridgehead atoms. The quantitative estimate of drug-likeness (QED) is 0.644. The number of esters is 1. The molecular weight excluding hydrogens is 374 g/mol. The van der Waals surface area contributed by atoms with Gasteiger partial charge in [0.25, 0.3) is 5.56 Å². The lowest BCUT2D eigenvalue weighted by Gasteiger charge is -2.13. The van der Waals surface area contributed by atoms with Crippen LogP contribution >= 0.6 is 0 Å². The second-order valence-corrected chi connectivity index (χ2v) is 6.51. The van der Waals surface area contributed by atoms with Crippen molar-refractivity contribution in [3.05, 3.63) is 81.9 Å². The van der Waals surface area contributed by atoms with Crippen LogP contribution in [-0.2, 0) is 27.5 Å². The molecule has 2 aromatic heterocycles.